The molecule has 130 valence electrons. The van der Waals surface area contributed by atoms with Gasteiger partial charge in [0.15, 0.2) is 11.6 Å². The van der Waals surface area contributed by atoms with Crippen molar-refractivity contribution in [3.8, 4) is 16.4 Å². The van der Waals surface area contributed by atoms with Crippen LogP contribution in [0.3, 0.4) is 0 Å². The molecule has 0 saturated carbocycles. The van der Waals surface area contributed by atoms with E-state index in [9.17, 15) is 9.18 Å². The van der Waals surface area contributed by atoms with Gasteiger partial charge in [0, 0.05) is 11.8 Å². The molecule has 0 atom stereocenters. The first kappa shape index (κ1) is 16.2. The molecule has 3 aromatic heterocycles. The molecule has 0 aliphatic rings. The quantitative estimate of drug-likeness (QED) is 0.578. The largest absolute Gasteiger partial charge is 0.302 e. The molecule has 0 spiro atoms. The number of hydrogen-bond acceptors (Lipinski definition) is 5. The van der Waals surface area contributed by atoms with Crippen molar-refractivity contribution in [2.24, 2.45) is 0 Å². The van der Waals surface area contributed by atoms with Crippen LogP contribution in [0.25, 0.3) is 16.4 Å². The summed E-state index contributed by atoms with van der Waals surface area (Å²) >= 11 is 1.46. The predicted octanol–water partition coefficient (Wildman–Crippen LogP) is 3.42. The number of aromatic amines is 1. The van der Waals surface area contributed by atoms with E-state index < -0.39 is 11.7 Å². The van der Waals surface area contributed by atoms with E-state index in [1.165, 1.54) is 28.2 Å². The minimum absolute atomic E-state index is 0.0293. The Bertz CT molecular complexity index is 1070. The topological polar surface area (TPSA) is 88.5 Å². The van der Waals surface area contributed by atoms with Gasteiger partial charge in [-0.25, -0.2) is 14.1 Å². The van der Waals surface area contributed by atoms with E-state index in [1.807, 2.05) is 24.4 Å². The van der Waals surface area contributed by atoms with Crippen molar-refractivity contribution >= 4 is 23.1 Å². The van der Waals surface area contributed by atoms with Crippen molar-refractivity contribution in [2.75, 3.05) is 5.32 Å². The standard InChI is InChI=1S/C17H13FN6OS/c1-10-8-14(22-21-10)19-17(25)15-20-16(13-6-3-7-26-13)24(23-15)12-5-2-4-11(18)9-12/h2-9H,1H3,(H2,19,21,22,25). The molecule has 0 unspecified atom stereocenters. The zero-order valence-electron chi connectivity index (χ0n) is 13.6. The van der Waals surface area contributed by atoms with Crippen LogP contribution in [0, 0.1) is 12.7 Å². The number of carbonyl (C=O) groups excluding carboxylic acids is 1. The number of nitrogens with zero attached hydrogens (tertiary/aromatic N) is 4. The minimum atomic E-state index is -0.496. The third-order valence-corrected chi connectivity index (χ3v) is 4.42. The summed E-state index contributed by atoms with van der Waals surface area (Å²) in [6, 6.07) is 11.4. The summed E-state index contributed by atoms with van der Waals surface area (Å²) in [5.74, 6) is -0.0721. The first-order valence-corrected chi connectivity index (χ1v) is 8.58. The zero-order chi connectivity index (χ0) is 18.1. The van der Waals surface area contributed by atoms with Crippen LogP contribution in [0.2, 0.25) is 0 Å². The van der Waals surface area contributed by atoms with Crippen molar-refractivity contribution in [3.63, 3.8) is 0 Å². The summed E-state index contributed by atoms with van der Waals surface area (Å²) in [4.78, 5) is 17.7. The fraction of sp³-hybridized carbons (Fsp3) is 0.0588. The van der Waals surface area contributed by atoms with Gasteiger partial charge in [-0.3, -0.25) is 9.89 Å². The van der Waals surface area contributed by atoms with E-state index in [4.69, 9.17) is 0 Å². The highest BCUT2D eigenvalue weighted by Crippen LogP contribution is 2.26. The lowest BCUT2D eigenvalue weighted by molar-refractivity contribution is 0.101. The maximum Gasteiger partial charge on any atom is 0.296 e. The van der Waals surface area contributed by atoms with Gasteiger partial charge in [-0.2, -0.15) is 5.10 Å². The number of aryl methyl sites for hydroxylation is 1. The predicted molar refractivity (Wildman–Crippen MR) is 95.9 cm³/mol. The molecule has 1 aromatic carbocycles. The molecule has 0 aliphatic heterocycles. The summed E-state index contributed by atoms with van der Waals surface area (Å²) in [6.07, 6.45) is 0. The lowest BCUT2D eigenvalue weighted by Crippen LogP contribution is -2.14. The van der Waals surface area contributed by atoms with Gasteiger partial charge in [0.05, 0.1) is 10.6 Å². The number of rotatable bonds is 4. The molecule has 2 N–H and O–H groups in total. The van der Waals surface area contributed by atoms with E-state index in [2.05, 4.69) is 25.6 Å². The van der Waals surface area contributed by atoms with Crippen LogP contribution in [0.15, 0.2) is 47.8 Å². The van der Waals surface area contributed by atoms with E-state index >= 15 is 0 Å². The van der Waals surface area contributed by atoms with Crippen LogP contribution in [0.5, 0.6) is 0 Å². The monoisotopic (exact) mass is 368 g/mol. The molecule has 7 nitrogen and oxygen atoms in total. The van der Waals surface area contributed by atoms with Crippen LogP contribution < -0.4 is 5.32 Å². The maximum absolute atomic E-state index is 13.6. The highest BCUT2D eigenvalue weighted by atomic mass is 32.1. The highest BCUT2D eigenvalue weighted by molar-refractivity contribution is 7.13. The molecule has 4 rings (SSSR count). The van der Waals surface area contributed by atoms with Crippen molar-refractivity contribution in [1.29, 1.82) is 0 Å². The van der Waals surface area contributed by atoms with E-state index in [1.54, 1.807) is 18.2 Å². The van der Waals surface area contributed by atoms with Crippen molar-refractivity contribution in [2.45, 2.75) is 6.92 Å². The molecule has 1 amide bonds. The SMILES string of the molecule is Cc1cc(NC(=O)c2nc(-c3cccs3)n(-c3cccc(F)c3)n2)n[nH]1. The molecule has 0 aliphatic carbocycles. The molecule has 0 radical (unpaired) electrons. The van der Waals surface area contributed by atoms with Gasteiger partial charge in [-0.05, 0) is 36.6 Å². The molecular formula is C17H13FN6OS. The third-order valence-electron chi connectivity index (χ3n) is 3.55. The number of H-pyrrole nitrogens is 1. The van der Waals surface area contributed by atoms with Crippen LogP contribution in [0.4, 0.5) is 10.2 Å². The first-order chi connectivity index (χ1) is 12.6. The maximum atomic E-state index is 13.6. The minimum Gasteiger partial charge on any atom is -0.302 e. The number of nitrogens with one attached hydrogen (secondary N) is 2. The van der Waals surface area contributed by atoms with Crippen LogP contribution in [0.1, 0.15) is 16.3 Å². The molecule has 0 saturated heterocycles. The third kappa shape index (κ3) is 3.11. The summed E-state index contributed by atoms with van der Waals surface area (Å²) in [5.41, 5.74) is 1.30. The van der Waals surface area contributed by atoms with Crippen LogP contribution in [-0.4, -0.2) is 30.9 Å². The number of halogens is 1. The zero-order valence-corrected chi connectivity index (χ0v) is 14.4. The van der Waals surface area contributed by atoms with Crippen molar-refractivity contribution in [3.05, 3.63) is 65.2 Å². The van der Waals surface area contributed by atoms with Crippen molar-refractivity contribution in [1.82, 2.24) is 25.0 Å². The van der Waals surface area contributed by atoms with Gasteiger partial charge < -0.3 is 5.32 Å². The Morgan fingerprint density at radius 2 is 2.15 bits per heavy atom. The van der Waals surface area contributed by atoms with Gasteiger partial charge in [-0.1, -0.05) is 12.1 Å². The number of amides is 1. The average molecular weight is 368 g/mol. The molecule has 9 heteroatoms. The summed E-state index contributed by atoms with van der Waals surface area (Å²) in [6.45, 7) is 1.83. The Kier molecular flexibility index (Phi) is 4.05. The molecule has 4 aromatic rings. The van der Waals surface area contributed by atoms with Crippen LogP contribution in [-0.2, 0) is 0 Å². The Labute approximate surface area is 151 Å². The molecule has 3 heterocycles. The lowest BCUT2D eigenvalue weighted by Gasteiger charge is -2.04. The number of aromatic nitrogens is 5. The normalized spacial score (nSPS) is 10.8. The Balaban J connectivity index is 1.75. The van der Waals surface area contributed by atoms with Gasteiger partial charge >= 0.3 is 0 Å². The Hall–Kier alpha value is -3.33. The van der Waals surface area contributed by atoms with Gasteiger partial charge in [0.1, 0.15) is 5.82 Å². The molecule has 0 bridgehead atoms. The second kappa shape index (κ2) is 6.52. The van der Waals surface area contributed by atoms with Gasteiger partial charge in [0.2, 0.25) is 5.82 Å². The number of carbonyl (C=O) groups is 1. The van der Waals surface area contributed by atoms with E-state index in [0.29, 0.717) is 17.3 Å². The van der Waals surface area contributed by atoms with E-state index in [-0.39, 0.29) is 5.82 Å². The fourth-order valence-corrected chi connectivity index (χ4v) is 3.11. The highest BCUT2D eigenvalue weighted by Gasteiger charge is 2.20. The smallest absolute Gasteiger partial charge is 0.296 e. The number of anilines is 1. The van der Waals surface area contributed by atoms with Crippen molar-refractivity contribution < 1.29 is 9.18 Å². The lowest BCUT2D eigenvalue weighted by atomic mass is 10.3. The molecular weight excluding hydrogens is 355 g/mol. The van der Waals surface area contributed by atoms with Gasteiger partial charge in [-0.15, -0.1) is 16.4 Å². The summed E-state index contributed by atoms with van der Waals surface area (Å²) < 4.78 is 15.1. The van der Waals surface area contributed by atoms with Crippen LogP contribution >= 0.6 is 11.3 Å². The fourth-order valence-electron chi connectivity index (χ4n) is 2.42. The Morgan fingerprint density at radius 1 is 1.27 bits per heavy atom. The summed E-state index contributed by atoms with van der Waals surface area (Å²) in [5, 5.41) is 15.5. The Morgan fingerprint density at radius 3 is 2.85 bits per heavy atom. The summed E-state index contributed by atoms with van der Waals surface area (Å²) in [7, 11) is 0. The number of hydrogen-bond donors (Lipinski definition) is 2. The first-order valence-electron chi connectivity index (χ1n) is 7.70. The average Bonchev–Trinajstić information content (AvgIpc) is 3.34. The molecule has 0 fully saturated rings. The number of thiophene rings is 1. The second-order valence-corrected chi connectivity index (χ2v) is 6.47. The van der Waals surface area contributed by atoms with E-state index in [0.717, 1.165) is 10.6 Å². The van der Waals surface area contributed by atoms with Gasteiger partial charge in [0.25, 0.3) is 5.91 Å². The second-order valence-electron chi connectivity index (χ2n) is 5.52. The molecule has 26 heavy (non-hydrogen) atoms. The number of benzene rings is 1.